The van der Waals surface area contributed by atoms with Crippen LogP contribution < -0.4 is 0 Å². The Morgan fingerprint density at radius 2 is 1.89 bits per heavy atom. The lowest BCUT2D eigenvalue weighted by Gasteiger charge is -2.30. The Kier molecular flexibility index (Phi) is 4.55. The van der Waals surface area contributed by atoms with E-state index >= 15 is 0 Å². The summed E-state index contributed by atoms with van der Waals surface area (Å²) in [6.07, 6.45) is 3.59. The van der Waals surface area contributed by atoms with Crippen LogP contribution in [0.4, 0.5) is 0 Å². The minimum atomic E-state index is -0.944. The third-order valence-corrected chi connectivity index (χ3v) is 3.61. The smallest absolute Gasteiger partial charge is 0.323 e. The van der Waals surface area contributed by atoms with E-state index in [0.29, 0.717) is 13.0 Å². The maximum atomic E-state index is 12.1. The number of carboxylic acid groups (broad SMARTS) is 1. The average molecular weight is 261 g/mol. The Labute approximate surface area is 113 Å². The molecule has 19 heavy (non-hydrogen) atoms. The van der Waals surface area contributed by atoms with Crippen LogP contribution in [0.2, 0.25) is 0 Å². The topological polar surface area (TPSA) is 57.6 Å². The molecule has 1 aromatic rings. The van der Waals surface area contributed by atoms with Crippen molar-refractivity contribution in [2.75, 3.05) is 13.1 Å². The van der Waals surface area contributed by atoms with Gasteiger partial charge in [-0.3, -0.25) is 9.59 Å². The molecule has 4 nitrogen and oxygen atoms in total. The number of rotatable bonds is 6. The SMILES string of the molecule is O=C(O)CN(CCc1ccccc1)C(=O)C1CCC1. The van der Waals surface area contributed by atoms with Crippen molar-refractivity contribution in [2.45, 2.75) is 25.7 Å². The molecule has 102 valence electrons. The van der Waals surface area contributed by atoms with Crippen molar-refractivity contribution < 1.29 is 14.7 Å². The first-order valence-electron chi connectivity index (χ1n) is 6.71. The molecule has 0 unspecified atom stereocenters. The van der Waals surface area contributed by atoms with Gasteiger partial charge < -0.3 is 10.0 Å². The fourth-order valence-corrected chi connectivity index (χ4v) is 2.25. The van der Waals surface area contributed by atoms with Gasteiger partial charge in [0.1, 0.15) is 6.54 Å². The number of carbonyl (C=O) groups is 2. The first kappa shape index (κ1) is 13.6. The first-order chi connectivity index (χ1) is 9.16. The molecule has 1 aromatic carbocycles. The van der Waals surface area contributed by atoms with Crippen molar-refractivity contribution in [3.8, 4) is 0 Å². The molecule has 2 rings (SSSR count). The molecule has 1 fully saturated rings. The molecule has 0 aromatic heterocycles. The van der Waals surface area contributed by atoms with Crippen LogP contribution in [0.25, 0.3) is 0 Å². The Morgan fingerprint density at radius 1 is 1.21 bits per heavy atom. The van der Waals surface area contributed by atoms with Crippen LogP contribution in [0, 0.1) is 5.92 Å². The lowest BCUT2D eigenvalue weighted by atomic mass is 9.84. The molecule has 0 atom stereocenters. The lowest BCUT2D eigenvalue weighted by Crippen LogP contribution is -2.42. The number of hydrogen-bond donors (Lipinski definition) is 1. The number of carbonyl (C=O) groups excluding carboxylic acids is 1. The van der Waals surface area contributed by atoms with Crippen LogP contribution in [0.3, 0.4) is 0 Å². The molecule has 0 heterocycles. The normalized spacial score (nSPS) is 14.7. The highest BCUT2D eigenvalue weighted by Gasteiger charge is 2.30. The summed E-state index contributed by atoms with van der Waals surface area (Å²) in [5.41, 5.74) is 1.12. The van der Waals surface area contributed by atoms with Gasteiger partial charge in [-0.1, -0.05) is 36.8 Å². The van der Waals surface area contributed by atoms with E-state index in [1.54, 1.807) is 0 Å². The Balaban J connectivity index is 1.93. The molecule has 0 saturated heterocycles. The highest BCUT2D eigenvalue weighted by molar-refractivity contribution is 5.83. The van der Waals surface area contributed by atoms with Gasteiger partial charge in [-0.2, -0.15) is 0 Å². The second kappa shape index (κ2) is 6.36. The van der Waals surface area contributed by atoms with Gasteiger partial charge in [0.25, 0.3) is 0 Å². The third kappa shape index (κ3) is 3.81. The summed E-state index contributed by atoms with van der Waals surface area (Å²) in [6.45, 7) is 0.286. The highest BCUT2D eigenvalue weighted by Crippen LogP contribution is 2.28. The zero-order valence-electron chi connectivity index (χ0n) is 10.9. The summed E-state index contributed by atoms with van der Waals surface area (Å²) in [4.78, 5) is 24.5. The van der Waals surface area contributed by atoms with E-state index in [1.807, 2.05) is 30.3 Å². The summed E-state index contributed by atoms with van der Waals surface area (Å²) >= 11 is 0. The van der Waals surface area contributed by atoms with Crippen molar-refractivity contribution in [3.05, 3.63) is 35.9 Å². The van der Waals surface area contributed by atoms with Crippen LogP contribution in [-0.4, -0.2) is 35.0 Å². The molecular formula is C15H19NO3. The summed E-state index contributed by atoms with van der Waals surface area (Å²) in [6, 6.07) is 9.83. The van der Waals surface area contributed by atoms with Crippen molar-refractivity contribution in [2.24, 2.45) is 5.92 Å². The average Bonchev–Trinajstić information content (AvgIpc) is 2.33. The van der Waals surface area contributed by atoms with E-state index in [1.165, 1.54) is 4.90 Å². The molecular weight excluding hydrogens is 242 g/mol. The summed E-state index contributed by atoms with van der Waals surface area (Å²) in [5.74, 6) is -0.888. The predicted molar refractivity (Wildman–Crippen MR) is 71.7 cm³/mol. The van der Waals surface area contributed by atoms with E-state index in [0.717, 1.165) is 24.8 Å². The van der Waals surface area contributed by atoms with Crippen LogP contribution >= 0.6 is 0 Å². The van der Waals surface area contributed by atoms with E-state index in [4.69, 9.17) is 5.11 Å². The van der Waals surface area contributed by atoms with E-state index < -0.39 is 5.97 Å². The number of amides is 1. The summed E-state index contributed by atoms with van der Waals surface area (Å²) in [7, 11) is 0. The molecule has 1 N–H and O–H groups in total. The fraction of sp³-hybridized carbons (Fsp3) is 0.467. The highest BCUT2D eigenvalue weighted by atomic mass is 16.4. The molecule has 0 spiro atoms. The van der Waals surface area contributed by atoms with Gasteiger partial charge in [0.05, 0.1) is 0 Å². The number of benzene rings is 1. The Hall–Kier alpha value is -1.84. The summed E-state index contributed by atoms with van der Waals surface area (Å²) < 4.78 is 0. The van der Waals surface area contributed by atoms with E-state index in [-0.39, 0.29) is 18.4 Å². The fourth-order valence-electron chi connectivity index (χ4n) is 2.25. The van der Waals surface area contributed by atoms with Gasteiger partial charge in [-0.05, 0) is 24.8 Å². The standard InChI is InChI=1S/C15H19NO3/c17-14(18)11-16(15(19)13-7-4-8-13)10-9-12-5-2-1-3-6-12/h1-3,5-6,13H,4,7-11H2,(H,17,18). The van der Waals surface area contributed by atoms with Gasteiger partial charge in [0.2, 0.25) is 5.91 Å². The Morgan fingerprint density at radius 3 is 2.42 bits per heavy atom. The van der Waals surface area contributed by atoms with E-state index in [2.05, 4.69) is 0 Å². The second-order valence-corrected chi connectivity index (χ2v) is 5.02. The number of nitrogens with zero attached hydrogens (tertiary/aromatic N) is 1. The molecule has 0 radical (unpaired) electrons. The first-order valence-corrected chi connectivity index (χ1v) is 6.71. The molecule has 1 aliphatic rings. The molecule has 0 bridgehead atoms. The van der Waals surface area contributed by atoms with Crippen molar-refractivity contribution >= 4 is 11.9 Å². The van der Waals surface area contributed by atoms with Gasteiger partial charge in [0, 0.05) is 12.5 Å². The molecule has 1 aliphatic carbocycles. The number of carboxylic acids is 1. The minimum absolute atomic E-state index is 0.00424. The zero-order chi connectivity index (χ0) is 13.7. The van der Waals surface area contributed by atoms with Crippen LogP contribution in [0.15, 0.2) is 30.3 Å². The lowest BCUT2D eigenvalue weighted by molar-refractivity contribution is -0.147. The zero-order valence-corrected chi connectivity index (χ0v) is 10.9. The second-order valence-electron chi connectivity index (χ2n) is 5.02. The number of aliphatic carboxylic acids is 1. The van der Waals surface area contributed by atoms with Crippen LogP contribution in [-0.2, 0) is 16.0 Å². The van der Waals surface area contributed by atoms with Crippen LogP contribution in [0.1, 0.15) is 24.8 Å². The molecule has 0 aliphatic heterocycles. The number of hydrogen-bond acceptors (Lipinski definition) is 2. The Bertz CT molecular complexity index is 440. The third-order valence-electron chi connectivity index (χ3n) is 3.61. The van der Waals surface area contributed by atoms with Gasteiger partial charge in [0.15, 0.2) is 0 Å². The van der Waals surface area contributed by atoms with E-state index in [9.17, 15) is 9.59 Å². The predicted octanol–water partition coefficient (Wildman–Crippen LogP) is 1.94. The maximum Gasteiger partial charge on any atom is 0.323 e. The molecule has 1 saturated carbocycles. The summed E-state index contributed by atoms with van der Waals surface area (Å²) in [5, 5.41) is 8.91. The largest absolute Gasteiger partial charge is 0.480 e. The maximum absolute atomic E-state index is 12.1. The van der Waals surface area contributed by atoms with Gasteiger partial charge in [-0.25, -0.2) is 0 Å². The minimum Gasteiger partial charge on any atom is -0.480 e. The van der Waals surface area contributed by atoms with Crippen molar-refractivity contribution in [1.82, 2.24) is 4.90 Å². The monoisotopic (exact) mass is 261 g/mol. The van der Waals surface area contributed by atoms with Crippen molar-refractivity contribution in [3.63, 3.8) is 0 Å². The quantitative estimate of drug-likeness (QED) is 0.851. The van der Waals surface area contributed by atoms with Gasteiger partial charge in [-0.15, -0.1) is 0 Å². The van der Waals surface area contributed by atoms with Gasteiger partial charge >= 0.3 is 5.97 Å². The molecule has 4 heteroatoms. The molecule has 1 amide bonds. The van der Waals surface area contributed by atoms with Crippen LogP contribution in [0.5, 0.6) is 0 Å². The van der Waals surface area contributed by atoms with Crippen molar-refractivity contribution in [1.29, 1.82) is 0 Å².